The van der Waals surface area contributed by atoms with Crippen molar-refractivity contribution in [3.8, 4) is 0 Å². The van der Waals surface area contributed by atoms with E-state index in [2.05, 4.69) is 5.32 Å². The van der Waals surface area contributed by atoms with Crippen molar-refractivity contribution in [2.24, 2.45) is 5.92 Å². The maximum Gasteiger partial charge on any atom is 0.262 e. The van der Waals surface area contributed by atoms with E-state index < -0.39 is 9.05 Å². The van der Waals surface area contributed by atoms with Crippen LogP contribution in [0, 0.1) is 5.92 Å². The lowest BCUT2D eigenvalue weighted by atomic mass is 10.1. The molecule has 0 atom stereocenters. The van der Waals surface area contributed by atoms with E-state index in [9.17, 15) is 13.2 Å². The average Bonchev–Trinajstić information content (AvgIpc) is 2.24. The lowest BCUT2D eigenvalue weighted by Gasteiger charge is -2.08. The van der Waals surface area contributed by atoms with E-state index in [0.29, 0.717) is 18.0 Å². The third-order valence-electron chi connectivity index (χ3n) is 2.43. The molecule has 0 saturated heterocycles. The van der Waals surface area contributed by atoms with Gasteiger partial charge in [0.1, 0.15) is 4.90 Å². The van der Waals surface area contributed by atoms with Gasteiger partial charge < -0.3 is 5.32 Å². The summed E-state index contributed by atoms with van der Waals surface area (Å²) < 4.78 is 22.3. The number of hydrogen-bond acceptors (Lipinski definition) is 3. The molecule has 7 heteroatoms. The first kappa shape index (κ1) is 16.3. The molecule has 1 rings (SSSR count). The molecule has 0 aliphatic rings. The SMILES string of the molecule is CC(C)CCC(=O)Nc1ccc(S(=O)(=O)Cl)c(Cl)c1. The van der Waals surface area contributed by atoms with Crippen LogP contribution < -0.4 is 5.32 Å². The van der Waals surface area contributed by atoms with E-state index in [-0.39, 0.29) is 15.8 Å². The summed E-state index contributed by atoms with van der Waals surface area (Å²) in [4.78, 5) is 11.4. The van der Waals surface area contributed by atoms with Gasteiger partial charge in [-0.05, 0) is 30.5 Å². The van der Waals surface area contributed by atoms with Crippen LogP contribution in [0.4, 0.5) is 5.69 Å². The van der Waals surface area contributed by atoms with Gasteiger partial charge in [0.25, 0.3) is 9.05 Å². The topological polar surface area (TPSA) is 63.2 Å². The molecule has 0 aliphatic carbocycles. The van der Waals surface area contributed by atoms with Crippen molar-refractivity contribution in [3.05, 3.63) is 23.2 Å². The minimum Gasteiger partial charge on any atom is -0.326 e. The Morgan fingerprint density at radius 2 is 2.00 bits per heavy atom. The summed E-state index contributed by atoms with van der Waals surface area (Å²) in [5.41, 5.74) is 0.447. The quantitative estimate of drug-likeness (QED) is 0.841. The van der Waals surface area contributed by atoms with Crippen molar-refractivity contribution in [1.29, 1.82) is 0 Å². The van der Waals surface area contributed by atoms with Crippen LogP contribution >= 0.6 is 22.3 Å². The number of nitrogens with one attached hydrogen (secondary N) is 1. The Hall–Kier alpha value is -0.780. The van der Waals surface area contributed by atoms with Gasteiger partial charge in [-0.3, -0.25) is 4.79 Å². The second-order valence-electron chi connectivity index (χ2n) is 4.56. The predicted molar refractivity (Wildman–Crippen MR) is 77.2 cm³/mol. The van der Waals surface area contributed by atoms with Crippen LogP contribution in [0.1, 0.15) is 26.7 Å². The van der Waals surface area contributed by atoms with Crippen LogP contribution in [0.25, 0.3) is 0 Å². The summed E-state index contributed by atoms with van der Waals surface area (Å²) in [5.74, 6) is 0.310. The van der Waals surface area contributed by atoms with Gasteiger partial charge in [0.2, 0.25) is 5.91 Å². The van der Waals surface area contributed by atoms with Gasteiger partial charge in [-0.25, -0.2) is 8.42 Å². The van der Waals surface area contributed by atoms with Crippen LogP contribution in [0.3, 0.4) is 0 Å². The molecular formula is C12H15Cl2NO3S. The van der Waals surface area contributed by atoms with E-state index in [0.717, 1.165) is 6.42 Å². The van der Waals surface area contributed by atoms with Crippen molar-refractivity contribution in [2.75, 3.05) is 5.32 Å². The number of rotatable bonds is 5. The highest BCUT2D eigenvalue weighted by molar-refractivity contribution is 8.13. The number of anilines is 1. The molecule has 0 bridgehead atoms. The van der Waals surface area contributed by atoms with E-state index in [1.165, 1.54) is 18.2 Å². The first-order chi connectivity index (χ1) is 8.70. The summed E-state index contributed by atoms with van der Waals surface area (Å²) in [5, 5.41) is 2.64. The van der Waals surface area contributed by atoms with Crippen molar-refractivity contribution in [2.45, 2.75) is 31.6 Å². The fourth-order valence-corrected chi connectivity index (χ4v) is 2.95. The molecule has 1 aromatic carbocycles. The molecule has 0 spiro atoms. The van der Waals surface area contributed by atoms with Crippen molar-refractivity contribution < 1.29 is 13.2 Å². The molecule has 0 radical (unpaired) electrons. The Bertz CT molecular complexity index is 570. The molecule has 0 aromatic heterocycles. The summed E-state index contributed by atoms with van der Waals surface area (Å²) in [7, 11) is 1.33. The first-order valence-corrected chi connectivity index (χ1v) is 8.43. The van der Waals surface area contributed by atoms with Gasteiger partial charge in [0, 0.05) is 22.8 Å². The average molecular weight is 324 g/mol. The second kappa shape index (κ2) is 6.59. The normalized spacial score (nSPS) is 11.6. The van der Waals surface area contributed by atoms with Gasteiger partial charge in [-0.15, -0.1) is 0 Å². The highest BCUT2D eigenvalue weighted by Gasteiger charge is 2.15. The zero-order valence-corrected chi connectivity index (χ0v) is 12.9. The maximum absolute atomic E-state index is 11.6. The lowest BCUT2D eigenvalue weighted by Crippen LogP contribution is -2.12. The van der Waals surface area contributed by atoms with Crippen LogP contribution in [-0.2, 0) is 13.8 Å². The van der Waals surface area contributed by atoms with Gasteiger partial charge in [0.05, 0.1) is 5.02 Å². The molecule has 106 valence electrons. The third-order valence-corrected chi connectivity index (χ3v) is 4.23. The summed E-state index contributed by atoms with van der Waals surface area (Å²) in [6, 6.07) is 4.08. The monoisotopic (exact) mass is 323 g/mol. The fraction of sp³-hybridized carbons (Fsp3) is 0.417. The number of amides is 1. The van der Waals surface area contributed by atoms with E-state index >= 15 is 0 Å². The number of hydrogen-bond donors (Lipinski definition) is 1. The number of carbonyl (C=O) groups is 1. The predicted octanol–water partition coefficient (Wildman–Crippen LogP) is 3.64. The van der Waals surface area contributed by atoms with Gasteiger partial charge in [-0.2, -0.15) is 0 Å². The molecular weight excluding hydrogens is 309 g/mol. The Balaban J connectivity index is 2.77. The molecule has 19 heavy (non-hydrogen) atoms. The maximum atomic E-state index is 11.6. The summed E-state index contributed by atoms with van der Waals surface area (Å²) in [6.07, 6.45) is 1.19. The molecule has 0 aliphatic heterocycles. The largest absolute Gasteiger partial charge is 0.326 e. The Kier molecular flexibility index (Phi) is 5.64. The van der Waals surface area contributed by atoms with Crippen LogP contribution in [0.5, 0.6) is 0 Å². The third kappa shape index (κ3) is 5.38. The molecule has 0 heterocycles. The van der Waals surface area contributed by atoms with E-state index in [4.69, 9.17) is 22.3 Å². The van der Waals surface area contributed by atoms with E-state index in [1.807, 2.05) is 13.8 Å². The first-order valence-electron chi connectivity index (χ1n) is 5.74. The Labute approximate surface area is 122 Å². The summed E-state index contributed by atoms with van der Waals surface area (Å²) >= 11 is 5.81. The van der Waals surface area contributed by atoms with Crippen LogP contribution in [-0.4, -0.2) is 14.3 Å². The smallest absolute Gasteiger partial charge is 0.262 e. The van der Waals surface area contributed by atoms with Crippen molar-refractivity contribution in [1.82, 2.24) is 0 Å². The fourth-order valence-electron chi connectivity index (χ4n) is 1.42. The summed E-state index contributed by atoms with van der Waals surface area (Å²) in [6.45, 7) is 4.06. The van der Waals surface area contributed by atoms with Crippen LogP contribution in [0.15, 0.2) is 23.1 Å². The highest BCUT2D eigenvalue weighted by atomic mass is 35.7. The molecule has 4 nitrogen and oxygen atoms in total. The van der Waals surface area contributed by atoms with Gasteiger partial charge in [0.15, 0.2) is 0 Å². The Morgan fingerprint density at radius 1 is 1.37 bits per heavy atom. The molecule has 0 saturated carbocycles. The van der Waals surface area contributed by atoms with Gasteiger partial charge >= 0.3 is 0 Å². The van der Waals surface area contributed by atoms with Crippen molar-refractivity contribution in [3.63, 3.8) is 0 Å². The lowest BCUT2D eigenvalue weighted by molar-refractivity contribution is -0.116. The minimum atomic E-state index is -3.87. The molecule has 1 aromatic rings. The highest BCUT2D eigenvalue weighted by Crippen LogP contribution is 2.27. The van der Waals surface area contributed by atoms with Crippen molar-refractivity contribution >= 4 is 42.9 Å². The molecule has 1 N–H and O–H groups in total. The molecule has 0 unspecified atom stereocenters. The molecule has 1 amide bonds. The number of carbonyl (C=O) groups excluding carboxylic acids is 1. The van der Waals surface area contributed by atoms with E-state index in [1.54, 1.807) is 0 Å². The van der Waals surface area contributed by atoms with Crippen LogP contribution in [0.2, 0.25) is 5.02 Å². The molecule has 0 fully saturated rings. The zero-order valence-electron chi connectivity index (χ0n) is 10.6. The second-order valence-corrected chi connectivity index (χ2v) is 7.51. The Morgan fingerprint density at radius 3 is 2.47 bits per heavy atom. The van der Waals surface area contributed by atoms with Gasteiger partial charge in [-0.1, -0.05) is 25.4 Å². The standard InChI is InChI=1S/C12H15Cl2NO3S/c1-8(2)3-6-12(16)15-9-4-5-11(10(13)7-9)19(14,17)18/h4-5,7-8H,3,6H2,1-2H3,(H,15,16). The minimum absolute atomic E-state index is 0.0170. The number of benzene rings is 1. The zero-order chi connectivity index (χ0) is 14.6. The number of halogens is 2.